The average molecular weight is 444 g/mol. The molecule has 0 spiro atoms. The third-order valence-corrected chi connectivity index (χ3v) is 5.30. The van der Waals surface area contributed by atoms with Crippen LogP contribution in [0.5, 0.6) is 11.5 Å². The lowest BCUT2D eigenvalue weighted by atomic mass is 9.84. The zero-order chi connectivity index (χ0) is 19.7. The molecular formula is C19H30BrN3O4. The summed E-state index contributed by atoms with van der Waals surface area (Å²) in [5.41, 5.74) is 0.975. The minimum Gasteiger partial charge on any atom is -0.493 e. The van der Waals surface area contributed by atoms with Gasteiger partial charge in [-0.05, 0) is 53.4 Å². The van der Waals surface area contributed by atoms with E-state index in [0.717, 1.165) is 48.5 Å². The van der Waals surface area contributed by atoms with E-state index < -0.39 is 0 Å². The zero-order valence-corrected chi connectivity index (χ0v) is 17.9. The second-order valence-corrected chi connectivity index (χ2v) is 7.49. The Morgan fingerprint density at radius 3 is 2.74 bits per heavy atom. The first-order chi connectivity index (χ1) is 13.1. The fourth-order valence-corrected chi connectivity index (χ4v) is 3.81. The van der Waals surface area contributed by atoms with Gasteiger partial charge in [0.1, 0.15) is 0 Å². The number of nitrogens with zero attached hydrogens (tertiary/aromatic N) is 1. The number of rotatable bonds is 9. The van der Waals surface area contributed by atoms with Gasteiger partial charge in [0.05, 0.1) is 31.8 Å². The van der Waals surface area contributed by atoms with Crippen LogP contribution < -0.4 is 20.1 Å². The Hall–Kier alpha value is -1.51. The van der Waals surface area contributed by atoms with Crippen LogP contribution in [0.25, 0.3) is 0 Å². The first kappa shape index (κ1) is 21.8. The van der Waals surface area contributed by atoms with Crippen LogP contribution in [-0.2, 0) is 11.3 Å². The maximum absolute atomic E-state index is 9.37. The van der Waals surface area contributed by atoms with Crippen LogP contribution in [0.15, 0.2) is 21.6 Å². The zero-order valence-electron chi connectivity index (χ0n) is 16.3. The molecule has 0 bridgehead atoms. The molecule has 0 aromatic heterocycles. The van der Waals surface area contributed by atoms with Gasteiger partial charge in [-0.2, -0.15) is 0 Å². The molecule has 2 rings (SSSR count). The van der Waals surface area contributed by atoms with Gasteiger partial charge in [-0.25, -0.2) is 4.99 Å². The molecule has 1 atom stereocenters. The lowest BCUT2D eigenvalue weighted by Crippen LogP contribution is -2.44. The Bertz CT molecular complexity index is 634. The number of benzene rings is 1. The van der Waals surface area contributed by atoms with E-state index in [1.54, 1.807) is 14.2 Å². The Kier molecular flexibility index (Phi) is 8.66. The van der Waals surface area contributed by atoms with Gasteiger partial charge in [-0.15, -0.1) is 0 Å². The number of aliphatic hydroxyl groups excluding tert-OH is 1. The molecule has 1 aromatic rings. The molecule has 1 unspecified atom stereocenters. The summed E-state index contributed by atoms with van der Waals surface area (Å²) in [4.78, 5) is 4.68. The van der Waals surface area contributed by atoms with E-state index in [-0.39, 0.29) is 12.0 Å². The number of nitrogens with one attached hydrogen (secondary N) is 2. The molecule has 7 nitrogen and oxygen atoms in total. The molecule has 1 aromatic carbocycles. The predicted octanol–water partition coefficient (Wildman–Crippen LogP) is 2.31. The van der Waals surface area contributed by atoms with Crippen molar-refractivity contribution in [3.05, 3.63) is 22.2 Å². The van der Waals surface area contributed by atoms with Crippen molar-refractivity contribution in [2.24, 2.45) is 10.4 Å². The summed E-state index contributed by atoms with van der Waals surface area (Å²) in [5.74, 6) is 2.08. The molecule has 1 aliphatic heterocycles. The van der Waals surface area contributed by atoms with E-state index in [2.05, 4.69) is 31.6 Å². The summed E-state index contributed by atoms with van der Waals surface area (Å²) in [6, 6.07) is 3.90. The molecule has 0 radical (unpaired) electrons. The minimum atomic E-state index is -0.0305. The fourth-order valence-electron chi connectivity index (χ4n) is 3.16. The Labute approximate surface area is 169 Å². The third kappa shape index (κ3) is 5.99. The van der Waals surface area contributed by atoms with E-state index in [1.165, 1.54) is 0 Å². The van der Waals surface area contributed by atoms with Gasteiger partial charge < -0.3 is 30.0 Å². The van der Waals surface area contributed by atoms with Gasteiger partial charge >= 0.3 is 0 Å². The molecule has 3 N–H and O–H groups in total. The Morgan fingerprint density at radius 1 is 1.33 bits per heavy atom. The summed E-state index contributed by atoms with van der Waals surface area (Å²) in [7, 11) is 3.23. The standard InChI is InChI=1S/C19H30BrN3O4/c1-4-21-18(23-12-19(5-7-24)6-8-27-13-19)22-11-14-9-15(20)17(26-3)16(10-14)25-2/h9-10,24H,4-8,11-13H2,1-3H3,(H2,21,22,23). The molecule has 1 aliphatic rings. The SMILES string of the molecule is CCNC(=NCc1cc(Br)c(OC)c(OC)c1)NCC1(CCO)CCOC1. The van der Waals surface area contributed by atoms with E-state index >= 15 is 0 Å². The number of ether oxygens (including phenoxy) is 3. The highest BCUT2D eigenvalue weighted by Crippen LogP contribution is 2.36. The Morgan fingerprint density at radius 2 is 2.15 bits per heavy atom. The van der Waals surface area contributed by atoms with Crippen molar-refractivity contribution in [1.82, 2.24) is 10.6 Å². The van der Waals surface area contributed by atoms with Crippen LogP contribution >= 0.6 is 15.9 Å². The van der Waals surface area contributed by atoms with Crippen LogP contribution in [0.3, 0.4) is 0 Å². The minimum absolute atomic E-state index is 0.0305. The van der Waals surface area contributed by atoms with E-state index in [1.807, 2.05) is 19.1 Å². The largest absolute Gasteiger partial charge is 0.493 e. The summed E-state index contributed by atoms with van der Waals surface area (Å²) < 4.78 is 17.1. The highest BCUT2D eigenvalue weighted by Gasteiger charge is 2.34. The summed E-state index contributed by atoms with van der Waals surface area (Å²) in [5, 5.41) is 16.0. The quantitative estimate of drug-likeness (QED) is 0.401. The molecule has 8 heteroatoms. The van der Waals surface area contributed by atoms with Crippen LogP contribution in [0.4, 0.5) is 0 Å². The molecule has 152 valence electrons. The van der Waals surface area contributed by atoms with Crippen molar-refractivity contribution >= 4 is 21.9 Å². The maximum Gasteiger partial charge on any atom is 0.191 e. The number of methoxy groups -OCH3 is 2. The van der Waals surface area contributed by atoms with Crippen molar-refractivity contribution in [3.63, 3.8) is 0 Å². The maximum atomic E-state index is 9.37. The van der Waals surface area contributed by atoms with Crippen molar-refractivity contribution in [3.8, 4) is 11.5 Å². The van der Waals surface area contributed by atoms with Crippen LogP contribution in [0, 0.1) is 5.41 Å². The lowest BCUT2D eigenvalue weighted by molar-refractivity contribution is 0.127. The smallest absolute Gasteiger partial charge is 0.191 e. The van der Waals surface area contributed by atoms with Crippen molar-refractivity contribution in [1.29, 1.82) is 0 Å². The van der Waals surface area contributed by atoms with Gasteiger partial charge in [0.15, 0.2) is 17.5 Å². The topological polar surface area (TPSA) is 84.3 Å². The van der Waals surface area contributed by atoms with Gasteiger partial charge in [-0.3, -0.25) is 0 Å². The molecule has 1 fully saturated rings. The molecule has 0 amide bonds. The normalized spacial score (nSPS) is 19.8. The monoisotopic (exact) mass is 443 g/mol. The second kappa shape index (κ2) is 10.7. The van der Waals surface area contributed by atoms with Crippen molar-refractivity contribution < 1.29 is 19.3 Å². The lowest BCUT2D eigenvalue weighted by Gasteiger charge is -2.27. The number of hydrogen-bond acceptors (Lipinski definition) is 5. The molecule has 1 saturated heterocycles. The summed E-state index contributed by atoms with van der Waals surface area (Å²) in [6.45, 7) is 5.60. The molecule has 0 saturated carbocycles. The van der Waals surface area contributed by atoms with Gasteiger partial charge in [0.25, 0.3) is 0 Å². The van der Waals surface area contributed by atoms with E-state index in [0.29, 0.717) is 24.7 Å². The van der Waals surface area contributed by atoms with Gasteiger partial charge in [0, 0.05) is 31.7 Å². The second-order valence-electron chi connectivity index (χ2n) is 6.64. The molecule has 27 heavy (non-hydrogen) atoms. The Balaban J connectivity index is 2.07. The van der Waals surface area contributed by atoms with Crippen LogP contribution in [-0.4, -0.2) is 58.2 Å². The summed E-state index contributed by atoms with van der Waals surface area (Å²) in [6.07, 6.45) is 1.67. The first-order valence-corrected chi connectivity index (χ1v) is 9.98. The fraction of sp³-hybridized carbons (Fsp3) is 0.632. The summed E-state index contributed by atoms with van der Waals surface area (Å²) >= 11 is 3.51. The van der Waals surface area contributed by atoms with Crippen molar-refractivity contribution in [2.45, 2.75) is 26.3 Å². The first-order valence-electron chi connectivity index (χ1n) is 9.18. The number of aliphatic hydroxyl groups is 1. The molecular weight excluding hydrogens is 414 g/mol. The number of aliphatic imine (C=N–C) groups is 1. The van der Waals surface area contributed by atoms with Crippen molar-refractivity contribution in [2.75, 3.05) is 47.1 Å². The number of halogens is 1. The van der Waals surface area contributed by atoms with Gasteiger partial charge in [-0.1, -0.05) is 0 Å². The van der Waals surface area contributed by atoms with Gasteiger partial charge in [0.2, 0.25) is 0 Å². The average Bonchev–Trinajstić information content (AvgIpc) is 3.12. The number of guanidine groups is 1. The predicted molar refractivity (Wildman–Crippen MR) is 110 cm³/mol. The molecule has 0 aliphatic carbocycles. The van der Waals surface area contributed by atoms with E-state index in [9.17, 15) is 5.11 Å². The van der Waals surface area contributed by atoms with E-state index in [4.69, 9.17) is 14.2 Å². The highest BCUT2D eigenvalue weighted by molar-refractivity contribution is 9.10. The highest BCUT2D eigenvalue weighted by atomic mass is 79.9. The van der Waals surface area contributed by atoms with Crippen LogP contribution in [0.2, 0.25) is 0 Å². The third-order valence-electron chi connectivity index (χ3n) is 4.72. The van der Waals surface area contributed by atoms with Crippen LogP contribution in [0.1, 0.15) is 25.3 Å². The molecule has 1 heterocycles. The number of hydrogen-bond donors (Lipinski definition) is 3.